The van der Waals surface area contributed by atoms with Crippen molar-refractivity contribution in [1.82, 2.24) is 0 Å². The molecule has 4 rings (SSSR count). The van der Waals surface area contributed by atoms with Crippen LogP contribution in [0.25, 0.3) is 0 Å². The van der Waals surface area contributed by atoms with E-state index in [0.717, 1.165) is 29.6 Å². The summed E-state index contributed by atoms with van der Waals surface area (Å²) in [6, 6.07) is 0. The lowest BCUT2D eigenvalue weighted by Gasteiger charge is -2.69. The lowest BCUT2D eigenvalue weighted by Crippen LogP contribution is -2.61. The highest BCUT2D eigenvalue weighted by atomic mass is 14.7. The van der Waals surface area contributed by atoms with Gasteiger partial charge in [-0.3, -0.25) is 0 Å². The number of rotatable bonds is 7. The van der Waals surface area contributed by atoms with E-state index in [0.29, 0.717) is 27.6 Å². The second kappa shape index (κ2) is 11.6. The topological polar surface area (TPSA) is 0 Å². The van der Waals surface area contributed by atoms with Gasteiger partial charge in [-0.25, -0.2) is 0 Å². The third kappa shape index (κ3) is 4.75. The third-order valence-corrected chi connectivity index (χ3v) is 14.6. The van der Waals surface area contributed by atoms with Gasteiger partial charge in [-0.2, -0.15) is 0 Å². The molecule has 0 aromatic rings. The Morgan fingerprint density at radius 2 is 1.62 bits per heavy atom. The number of hydrogen-bond donors (Lipinski definition) is 0. The van der Waals surface area contributed by atoms with Crippen LogP contribution in [0.2, 0.25) is 0 Å². The van der Waals surface area contributed by atoms with Crippen LogP contribution in [0.3, 0.4) is 0 Å². The second-order valence-electron chi connectivity index (χ2n) is 15.7. The molecular formula is C39H64. The van der Waals surface area contributed by atoms with Gasteiger partial charge in [0.25, 0.3) is 0 Å². The van der Waals surface area contributed by atoms with Gasteiger partial charge in [0, 0.05) is 0 Å². The molecule has 10 atom stereocenters. The number of fused-ring (bicyclic) bond motifs is 5. The Kier molecular flexibility index (Phi) is 9.59. The zero-order valence-corrected chi connectivity index (χ0v) is 27.8. The molecule has 0 bridgehead atoms. The fourth-order valence-corrected chi connectivity index (χ4v) is 11.7. The molecule has 10 unspecified atom stereocenters. The van der Waals surface area contributed by atoms with Crippen molar-refractivity contribution in [3.05, 3.63) is 35.5 Å². The minimum atomic E-state index is 0.361. The molecule has 0 heterocycles. The van der Waals surface area contributed by atoms with Crippen LogP contribution in [0.5, 0.6) is 0 Å². The van der Waals surface area contributed by atoms with Crippen molar-refractivity contribution in [2.24, 2.45) is 57.2 Å². The van der Waals surface area contributed by atoms with E-state index in [9.17, 15) is 0 Å². The van der Waals surface area contributed by atoms with Crippen LogP contribution >= 0.6 is 0 Å². The molecule has 4 aliphatic carbocycles. The maximum Gasteiger partial charge on any atom is -0.00315 e. The minimum absolute atomic E-state index is 0.361. The van der Waals surface area contributed by atoms with Gasteiger partial charge in [-0.05, 0) is 148 Å². The van der Waals surface area contributed by atoms with E-state index in [-0.39, 0.29) is 0 Å². The van der Waals surface area contributed by atoms with Gasteiger partial charge in [0.2, 0.25) is 0 Å². The highest BCUT2D eigenvalue weighted by molar-refractivity contribution is 5.29. The van der Waals surface area contributed by atoms with Crippen LogP contribution in [0, 0.1) is 70.0 Å². The largest absolute Gasteiger partial charge is 0.124 e. The molecule has 4 saturated carbocycles. The zero-order valence-electron chi connectivity index (χ0n) is 27.8. The minimum Gasteiger partial charge on any atom is -0.124 e. The summed E-state index contributed by atoms with van der Waals surface area (Å²) in [7, 11) is 0. The first-order chi connectivity index (χ1) is 18.2. The molecule has 0 nitrogen and oxygen atoms in total. The summed E-state index contributed by atoms with van der Waals surface area (Å²) >= 11 is 0. The molecular weight excluding hydrogens is 468 g/mol. The van der Waals surface area contributed by atoms with Crippen LogP contribution in [-0.4, -0.2) is 0 Å². The van der Waals surface area contributed by atoms with Gasteiger partial charge < -0.3 is 0 Å². The van der Waals surface area contributed by atoms with Crippen molar-refractivity contribution in [2.75, 3.05) is 0 Å². The first kappa shape index (κ1) is 32.3. The molecule has 0 radical (unpaired) electrons. The fourth-order valence-electron chi connectivity index (χ4n) is 11.7. The van der Waals surface area contributed by atoms with Gasteiger partial charge in [0.15, 0.2) is 0 Å². The standard InChI is InChI=1S/C37H62.C2H2/c1-13-18-37-19-14-15-28(7)36(37,12)32-17-21-35(11)31(33(32)27(6)23-37)16-20-34(35,10)30(9)26(5)22-25(4)29(8)24(2)3;1-2/h26-27,30-33H,2,7,13-23H2,1,3-6,8-12H3;1-2H/b29-25-;. The van der Waals surface area contributed by atoms with Crippen molar-refractivity contribution in [1.29, 1.82) is 0 Å². The Morgan fingerprint density at radius 1 is 1.00 bits per heavy atom. The van der Waals surface area contributed by atoms with Crippen molar-refractivity contribution >= 4 is 0 Å². The Hall–Kier alpha value is -1.22. The number of hydrogen-bond acceptors (Lipinski definition) is 0. The van der Waals surface area contributed by atoms with Crippen molar-refractivity contribution in [2.45, 2.75) is 140 Å². The Balaban J connectivity index is 0.00000205. The molecule has 4 fully saturated rings. The predicted octanol–water partition coefficient (Wildman–Crippen LogP) is 11.8. The molecule has 0 heteroatoms. The van der Waals surface area contributed by atoms with Crippen LogP contribution in [0.1, 0.15) is 140 Å². The molecule has 0 saturated heterocycles. The Labute approximate surface area is 245 Å². The first-order valence-electron chi connectivity index (χ1n) is 16.5. The maximum atomic E-state index is 4.84. The molecule has 39 heavy (non-hydrogen) atoms. The molecule has 0 spiro atoms. The van der Waals surface area contributed by atoms with Crippen LogP contribution in [0.4, 0.5) is 0 Å². The molecule has 220 valence electrons. The van der Waals surface area contributed by atoms with Crippen molar-refractivity contribution < 1.29 is 0 Å². The number of allylic oxidation sites excluding steroid dienone is 4. The SMILES string of the molecule is C#C.C=C(C)/C(C)=C(/C)CC(C)C(C)C1(C)CCC2C3C(C)CC4(CCC)CCCC(=C)C4(C)C3CCC21C. The summed E-state index contributed by atoms with van der Waals surface area (Å²) in [4.78, 5) is 0. The highest BCUT2D eigenvalue weighted by Gasteiger charge is 2.68. The van der Waals surface area contributed by atoms with E-state index in [1.807, 2.05) is 0 Å². The van der Waals surface area contributed by atoms with E-state index >= 15 is 0 Å². The van der Waals surface area contributed by atoms with Gasteiger partial charge in [0.1, 0.15) is 0 Å². The van der Waals surface area contributed by atoms with Crippen LogP contribution in [-0.2, 0) is 0 Å². The second-order valence-corrected chi connectivity index (χ2v) is 15.7. The average molecular weight is 533 g/mol. The number of terminal acetylenes is 1. The summed E-state index contributed by atoms with van der Waals surface area (Å²) in [5, 5.41) is 0. The molecule has 4 aliphatic rings. The Morgan fingerprint density at radius 3 is 2.21 bits per heavy atom. The zero-order chi connectivity index (χ0) is 29.6. The molecule has 0 aliphatic heterocycles. The monoisotopic (exact) mass is 533 g/mol. The Bertz CT molecular complexity index is 971. The van der Waals surface area contributed by atoms with Crippen molar-refractivity contribution in [3.8, 4) is 12.8 Å². The molecule has 0 amide bonds. The van der Waals surface area contributed by atoms with Gasteiger partial charge in [-0.15, -0.1) is 12.8 Å². The average Bonchev–Trinajstić information content (AvgIpc) is 3.17. The van der Waals surface area contributed by atoms with E-state index in [1.165, 1.54) is 81.8 Å². The lowest BCUT2D eigenvalue weighted by atomic mass is 9.36. The maximum absolute atomic E-state index is 4.84. The van der Waals surface area contributed by atoms with Gasteiger partial charge in [-0.1, -0.05) is 84.8 Å². The van der Waals surface area contributed by atoms with E-state index in [2.05, 4.69) is 88.7 Å². The van der Waals surface area contributed by atoms with E-state index in [4.69, 9.17) is 6.58 Å². The molecule has 0 aromatic carbocycles. The van der Waals surface area contributed by atoms with E-state index in [1.54, 1.807) is 11.1 Å². The molecule has 0 aromatic heterocycles. The molecule has 0 N–H and O–H groups in total. The van der Waals surface area contributed by atoms with Crippen molar-refractivity contribution in [3.63, 3.8) is 0 Å². The summed E-state index contributed by atoms with van der Waals surface area (Å²) in [5.41, 5.74) is 7.62. The summed E-state index contributed by atoms with van der Waals surface area (Å²) in [5.74, 6) is 4.95. The lowest BCUT2D eigenvalue weighted by molar-refractivity contribution is -0.174. The van der Waals surface area contributed by atoms with Crippen LogP contribution in [0.15, 0.2) is 35.5 Å². The quantitative estimate of drug-likeness (QED) is 0.174. The van der Waals surface area contributed by atoms with E-state index < -0.39 is 0 Å². The van der Waals surface area contributed by atoms with Gasteiger partial charge >= 0.3 is 0 Å². The fraction of sp³-hybridized carbons (Fsp3) is 0.795. The summed E-state index contributed by atoms with van der Waals surface area (Å²) in [6.07, 6.45) is 23.3. The van der Waals surface area contributed by atoms with Gasteiger partial charge in [0.05, 0.1) is 0 Å². The predicted molar refractivity (Wildman–Crippen MR) is 173 cm³/mol. The highest BCUT2D eigenvalue weighted by Crippen LogP contribution is 2.76. The summed E-state index contributed by atoms with van der Waals surface area (Å²) < 4.78 is 0. The third-order valence-electron chi connectivity index (χ3n) is 14.6. The first-order valence-corrected chi connectivity index (χ1v) is 16.5. The smallest absolute Gasteiger partial charge is 0.00315 e. The normalized spacial score (nSPS) is 43.5. The summed E-state index contributed by atoms with van der Waals surface area (Å²) in [6.45, 7) is 34.3. The van der Waals surface area contributed by atoms with Crippen LogP contribution < -0.4 is 0 Å².